The van der Waals surface area contributed by atoms with Crippen molar-refractivity contribution in [2.24, 2.45) is 0 Å². The largest absolute Gasteiger partial charge is 0.309 e. The third-order valence-electron chi connectivity index (χ3n) is 12.0. The van der Waals surface area contributed by atoms with Gasteiger partial charge in [-0.3, -0.25) is 0 Å². The number of rotatable bonds is 5. The summed E-state index contributed by atoms with van der Waals surface area (Å²) in [5.74, 6) is 0. The Bertz CT molecular complexity index is 2660. The van der Waals surface area contributed by atoms with Crippen LogP contribution in [0, 0.1) is 0 Å². The van der Waals surface area contributed by atoms with Gasteiger partial charge in [0.25, 0.3) is 0 Å². The molecule has 0 saturated heterocycles. The van der Waals surface area contributed by atoms with Crippen LogP contribution in [-0.4, -0.2) is 0 Å². The molecule has 0 aromatic heterocycles. The molecule has 1 heteroatoms. The highest BCUT2D eigenvalue weighted by molar-refractivity contribution is 6.10. The summed E-state index contributed by atoms with van der Waals surface area (Å²) in [6, 6.07) is 65.4. The Morgan fingerprint density at radius 2 is 0.887 bits per heavy atom. The molecule has 0 heterocycles. The quantitative estimate of drug-likeness (QED) is 0.175. The second kappa shape index (κ2) is 11.7. The lowest BCUT2D eigenvalue weighted by Crippen LogP contribution is -2.18. The van der Waals surface area contributed by atoms with E-state index in [-0.39, 0.29) is 10.8 Å². The Morgan fingerprint density at radius 3 is 1.57 bits per heavy atom. The predicted octanol–water partition coefficient (Wildman–Crippen LogP) is 14.3. The van der Waals surface area contributed by atoms with Crippen LogP contribution in [0.1, 0.15) is 49.9 Å². The first-order valence-corrected chi connectivity index (χ1v) is 18.8. The van der Waals surface area contributed by atoms with E-state index in [1.54, 1.807) is 0 Å². The van der Waals surface area contributed by atoms with Crippen molar-refractivity contribution in [2.75, 3.05) is 4.90 Å². The van der Waals surface area contributed by atoms with Crippen molar-refractivity contribution in [2.45, 2.75) is 38.5 Å². The highest BCUT2D eigenvalue weighted by Gasteiger charge is 2.40. The van der Waals surface area contributed by atoms with Gasteiger partial charge in [-0.1, -0.05) is 167 Å². The molecule has 0 aliphatic heterocycles. The van der Waals surface area contributed by atoms with Gasteiger partial charge in [-0.15, -0.1) is 0 Å². The van der Waals surface area contributed by atoms with E-state index in [0.29, 0.717) is 0 Å². The summed E-state index contributed by atoms with van der Waals surface area (Å²) in [6.45, 7) is 9.53. The molecule has 0 saturated carbocycles. The Kier molecular flexibility index (Phi) is 6.94. The van der Waals surface area contributed by atoms with Crippen LogP contribution in [0.3, 0.4) is 0 Å². The number of hydrogen-bond acceptors (Lipinski definition) is 1. The second-order valence-corrected chi connectivity index (χ2v) is 15.8. The SMILES string of the molecule is CC1(C)c2ccccc2-c2ccc(N(c3cc(-c4ccccc4)cc(-c4ccccc4)c3)c3c4c(cc5ccccc35)C(C)(C)c3ccccc3-4)cc21. The summed E-state index contributed by atoms with van der Waals surface area (Å²) >= 11 is 0. The van der Waals surface area contributed by atoms with Crippen LogP contribution >= 0.6 is 0 Å². The van der Waals surface area contributed by atoms with Crippen LogP contribution in [0.25, 0.3) is 55.3 Å². The van der Waals surface area contributed by atoms with Crippen LogP contribution in [0.15, 0.2) is 176 Å². The third kappa shape index (κ3) is 4.77. The smallest absolute Gasteiger partial charge is 0.0621 e. The molecule has 53 heavy (non-hydrogen) atoms. The molecule has 0 N–H and O–H groups in total. The van der Waals surface area contributed by atoms with E-state index in [4.69, 9.17) is 0 Å². The summed E-state index contributed by atoms with van der Waals surface area (Å²) in [6.07, 6.45) is 0. The third-order valence-corrected chi connectivity index (χ3v) is 12.0. The van der Waals surface area contributed by atoms with Crippen LogP contribution in [0.2, 0.25) is 0 Å². The summed E-state index contributed by atoms with van der Waals surface area (Å²) in [5.41, 5.74) is 18.8. The van der Waals surface area contributed by atoms with Crippen molar-refractivity contribution in [1.82, 2.24) is 0 Å². The Morgan fingerprint density at radius 1 is 0.358 bits per heavy atom. The minimum absolute atomic E-state index is 0.135. The van der Waals surface area contributed by atoms with Crippen LogP contribution in [-0.2, 0) is 10.8 Å². The zero-order valence-corrected chi connectivity index (χ0v) is 30.7. The average Bonchev–Trinajstić information content (AvgIpc) is 3.57. The van der Waals surface area contributed by atoms with Crippen molar-refractivity contribution >= 4 is 27.8 Å². The van der Waals surface area contributed by atoms with E-state index in [1.165, 1.54) is 83.2 Å². The Balaban J connectivity index is 1.33. The molecule has 0 unspecified atom stereocenters. The van der Waals surface area contributed by atoms with Gasteiger partial charge in [0, 0.05) is 33.2 Å². The zero-order chi connectivity index (χ0) is 35.9. The molecule has 254 valence electrons. The summed E-state index contributed by atoms with van der Waals surface area (Å²) in [5, 5.41) is 2.50. The van der Waals surface area contributed by atoms with Crippen LogP contribution in [0.5, 0.6) is 0 Å². The summed E-state index contributed by atoms with van der Waals surface area (Å²) < 4.78 is 0. The van der Waals surface area contributed by atoms with Gasteiger partial charge in [-0.25, -0.2) is 0 Å². The first-order chi connectivity index (χ1) is 25.8. The molecule has 2 aliphatic rings. The maximum atomic E-state index is 2.58. The van der Waals surface area contributed by atoms with E-state index in [0.717, 1.165) is 11.4 Å². The lowest BCUT2D eigenvalue weighted by Gasteiger charge is -2.32. The molecule has 0 amide bonds. The van der Waals surface area contributed by atoms with E-state index < -0.39 is 0 Å². The van der Waals surface area contributed by atoms with Gasteiger partial charge in [-0.05, 0) is 103 Å². The predicted molar refractivity (Wildman–Crippen MR) is 225 cm³/mol. The first-order valence-electron chi connectivity index (χ1n) is 18.8. The molecule has 0 atom stereocenters. The van der Waals surface area contributed by atoms with Crippen molar-refractivity contribution in [3.8, 4) is 44.5 Å². The maximum absolute atomic E-state index is 2.58. The monoisotopic (exact) mass is 679 g/mol. The fourth-order valence-electron chi connectivity index (χ4n) is 9.29. The average molecular weight is 680 g/mol. The highest BCUT2D eigenvalue weighted by atomic mass is 15.1. The van der Waals surface area contributed by atoms with Crippen LogP contribution < -0.4 is 4.90 Å². The number of anilines is 3. The molecule has 1 nitrogen and oxygen atoms in total. The van der Waals surface area contributed by atoms with Gasteiger partial charge < -0.3 is 4.90 Å². The lowest BCUT2D eigenvalue weighted by molar-refractivity contribution is 0.660. The lowest BCUT2D eigenvalue weighted by atomic mass is 9.81. The molecule has 0 bridgehead atoms. The van der Waals surface area contributed by atoms with Gasteiger partial charge >= 0.3 is 0 Å². The van der Waals surface area contributed by atoms with E-state index in [1.807, 2.05) is 0 Å². The van der Waals surface area contributed by atoms with Gasteiger partial charge in [0.2, 0.25) is 0 Å². The molecular weight excluding hydrogens is 639 g/mol. The van der Waals surface area contributed by atoms with E-state index in [9.17, 15) is 0 Å². The van der Waals surface area contributed by atoms with Crippen molar-refractivity contribution in [3.05, 3.63) is 198 Å². The topological polar surface area (TPSA) is 3.24 Å². The van der Waals surface area contributed by atoms with Gasteiger partial charge in [-0.2, -0.15) is 0 Å². The number of hydrogen-bond donors (Lipinski definition) is 0. The number of nitrogens with zero attached hydrogens (tertiary/aromatic N) is 1. The molecule has 0 fully saturated rings. The highest BCUT2D eigenvalue weighted by Crippen LogP contribution is 2.58. The first kappa shape index (κ1) is 31.5. The Labute approximate surface area is 312 Å². The summed E-state index contributed by atoms with van der Waals surface area (Å²) in [4.78, 5) is 2.58. The van der Waals surface area contributed by atoms with Crippen molar-refractivity contribution < 1.29 is 0 Å². The van der Waals surface area contributed by atoms with Gasteiger partial charge in [0.15, 0.2) is 0 Å². The van der Waals surface area contributed by atoms with Crippen molar-refractivity contribution in [3.63, 3.8) is 0 Å². The molecule has 8 aromatic rings. The fourth-order valence-corrected chi connectivity index (χ4v) is 9.29. The van der Waals surface area contributed by atoms with Crippen LogP contribution in [0.4, 0.5) is 17.1 Å². The second-order valence-electron chi connectivity index (χ2n) is 15.8. The zero-order valence-electron chi connectivity index (χ0n) is 30.7. The standard InChI is InChI=1S/C52H41N/c1-51(2)45-25-15-13-23-42(45)43-28-27-39(33-47(43)51)53(40-30-37(34-17-7-5-8-18-34)29-38(31-40)35-19-9-6-10-20-35)50-41-22-12-11-21-36(41)32-48-49(50)44-24-14-16-26-46(44)52(48,3)4/h5-33H,1-4H3. The molecule has 0 spiro atoms. The van der Waals surface area contributed by atoms with Gasteiger partial charge in [0.05, 0.1) is 5.69 Å². The molecule has 2 aliphatic carbocycles. The molecule has 0 radical (unpaired) electrons. The maximum Gasteiger partial charge on any atom is 0.0621 e. The minimum atomic E-state index is -0.154. The Hall–Kier alpha value is -6.18. The molecule has 10 rings (SSSR count). The molecular formula is C52H41N. The van der Waals surface area contributed by atoms with E-state index >= 15 is 0 Å². The van der Waals surface area contributed by atoms with Crippen molar-refractivity contribution in [1.29, 1.82) is 0 Å². The normalized spacial score (nSPS) is 14.3. The number of benzene rings is 8. The fraction of sp³-hybridized carbons (Fsp3) is 0.115. The van der Waals surface area contributed by atoms with Gasteiger partial charge in [0.1, 0.15) is 0 Å². The number of fused-ring (bicyclic) bond motifs is 7. The molecule has 8 aromatic carbocycles. The summed E-state index contributed by atoms with van der Waals surface area (Å²) in [7, 11) is 0. The van der Waals surface area contributed by atoms with E-state index in [2.05, 4.69) is 209 Å². The minimum Gasteiger partial charge on any atom is -0.309 e.